The molecular formula is C11H11BrF2O2. The predicted octanol–water partition coefficient (Wildman–Crippen LogP) is 3.55. The summed E-state index contributed by atoms with van der Waals surface area (Å²) in [5.41, 5.74) is -0.392. The average molecular weight is 293 g/mol. The number of carboxylic acid groups (broad SMARTS) is 1. The quantitative estimate of drug-likeness (QED) is 0.865. The smallest absolute Gasteiger partial charge is 0.311 e. The lowest BCUT2D eigenvalue weighted by molar-refractivity contribution is -0.140. The van der Waals surface area contributed by atoms with E-state index in [1.807, 2.05) is 0 Å². The van der Waals surface area contributed by atoms with E-state index in [0.717, 1.165) is 6.07 Å². The first-order chi connectivity index (χ1) is 7.36. The van der Waals surface area contributed by atoms with E-state index in [2.05, 4.69) is 15.9 Å². The Labute approximate surface area is 100 Å². The minimum atomic E-state index is -1.23. The third-order valence-corrected chi connectivity index (χ3v) is 2.94. The SMILES string of the molecule is CC(C)C(C(=O)O)c1c(F)ccc(Br)c1F. The van der Waals surface area contributed by atoms with Gasteiger partial charge >= 0.3 is 5.97 Å². The molecule has 0 radical (unpaired) electrons. The van der Waals surface area contributed by atoms with Crippen LogP contribution in [-0.4, -0.2) is 11.1 Å². The van der Waals surface area contributed by atoms with Crippen molar-refractivity contribution in [3.8, 4) is 0 Å². The minimum absolute atomic E-state index is 0.0656. The zero-order chi connectivity index (χ0) is 12.5. The van der Waals surface area contributed by atoms with Gasteiger partial charge in [0.2, 0.25) is 0 Å². The molecule has 0 heterocycles. The maximum Gasteiger partial charge on any atom is 0.311 e. The largest absolute Gasteiger partial charge is 0.481 e. The van der Waals surface area contributed by atoms with Gasteiger partial charge in [0.05, 0.1) is 10.4 Å². The number of hydrogen-bond donors (Lipinski definition) is 1. The molecule has 1 rings (SSSR count). The molecule has 0 fully saturated rings. The Bertz CT molecular complexity index is 419. The maximum absolute atomic E-state index is 13.7. The van der Waals surface area contributed by atoms with Crippen molar-refractivity contribution in [2.75, 3.05) is 0 Å². The normalized spacial score (nSPS) is 12.9. The topological polar surface area (TPSA) is 37.3 Å². The van der Waals surface area contributed by atoms with Crippen LogP contribution in [0.5, 0.6) is 0 Å². The molecular weight excluding hydrogens is 282 g/mol. The standard InChI is InChI=1S/C11H11BrF2O2/c1-5(2)8(11(15)16)9-7(13)4-3-6(12)10(9)14/h3-5,8H,1-2H3,(H,15,16). The molecule has 0 spiro atoms. The highest BCUT2D eigenvalue weighted by molar-refractivity contribution is 9.10. The van der Waals surface area contributed by atoms with E-state index in [9.17, 15) is 13.6 Å². The lowest BCUT2D eigenvalue weighted by atomic mass is 9.88. The fourth-order valence-electron chi connectivity index (χ4n) is 1.57. The molecule has 0 aliphatic rings. The second-order valence-corrected chi connectivity index (χ2v) is 4.67. The van der Waals surface area contributed by atoms with Crippen molar-refractivity contribution in [3.05, 3.63) is 33.8 Å². The Morgan fingerprint density at radius 1 is 1.38 bits per heavy atom. The molecule has 1 atom stereocenters. The Kier molecular flexibility index (Phi) is 4.02. The number of rotatable bonds is 3. The molecule has 0 saturated carbocycles. The van der Waals surface area contributed by atoms with Gasteiger partial charge in [0.25, 0.3) is 0 Å². The van der Waals surface area contributed by atoms with E-state index >= 15 is 0 Å². The summed E-state index contributed by atoms with van der Waals surface area (Å²) in [6, 6.07) is 2.27. The average Bonchev–Trinajstić information content (AvgIpc) is 2.17. The van der Waals surface area contributed by atoms with Crippen LogP contribution >= 0.6 is 15.9 Å². The summed E-state index contributed by atoms with van der Waals surface area (Å²) in [6.45, 7) is 3.22. The van der Waals surface area contributed by atoms with E-state index in [0.29, 0.717) is 0 Å². The van der Waals surface area contributed by atoms with Crippen LogP contribution in [0.25, 0.3) is 0 Å². The summed E-state index contributed by atoms with van der Waals surface area (Å²) in [5, 5.41) is 8.99. The lowest BCUT2D eigenvalue weighted by Crippen LogP contribution is -2.20. The lowest BCUT2D eigenvalue weighted by Gasteiger charge is -2.18. The molecule has 1 aromatic carbocycles. The Morgan fingerprint density at radius 3 is 2.38 bits per heavy atom. The summed E-state index contributed by atoms with van der Waals surface area (Å²) >= 11 is 2.91. The second kappa shape index (κ2) is 4.91. The highest BCUT2D eigenvalue weighted by atomic mass is 79.9. The molecule has 1 unspecified atom stereocenters. The predicted molar refractivity (Wildman–Crippen MR) is 59.3 cm³/mol. The number of carbonyl (C=O) groups is 1. The molecule has 0 aliphatic carbocycles. The monoisotopic (exact) mass is 292 g/mol. The van der Waals surface area contributed by atoms with Crippen molar-refractivity contribution >= 4 is 21.9 Å². The third kappa shape index (κ3) is 2.40. The molecule has 1 N–H and O–H groups in total. The van der Waals surface area contributed by atoms with Crippen LogP contribution in [0.4, 0.5) is 8.78 Å². The molecule has 0 saturated heterocycles. The fraction of sp³-hybridized carbons (Fsp3) is 0.364. The number of carboxylic acids is 1. The van der Waals surface area contributed by atoms with Crippen LogP contribution in [0, 0.1) is 17.6 Å². The zero-order valence-electron chi connectivity index (χ0n) is 8.80. The second-order valence-electron chi connectivity index (χ2n) is 3.82. The molecule has 0 aliphatic heterocycles. The van der Waals surface area contributed by atoms with E-state index in [1.54, 1.807) is 13.8 Å². The number of aliphatic carboxylic acids is 1. The van der Waals surface area contributed by atoms with Crippen molar-refractivity contribution < 1.29 is 18.7 Å². The van der Waals surface area contributed by atoms with Crippen molar-refractivity contribution in [2.45, 2.75) is 19.8 Å². The Morgan fingerprint density at radius 2 is 1.94 bits per heavy atom. The van der Waals surface area contributed by atoms with Crippen LogP contribution in [0.1, 0.15) is 25.3 Å². The van der Waals surface area contributed by atoms with Gasteiger partial charge in [-0.3, -0.25) is 4.79 Å². The van der Waals surface area contributed by atoms with E-state index in [-0.39, 0.29) is 4.47 Å². The highest BCUT2D eigenvalue weighted by Gasteiger charge is 2.30. The van der Waals surface area contributed by atoms with Gasteiger partial charge in [0.1, 0.15) is 11.6 Å². The minimum Gasteiger partial charge on any atom is -0.481 e. The van der Waals surface area contributed by atoms with Gasteiger partial charge in [-0.25, -0.2) is 8.78 Å². The zero-order valence-corrected chi connectivity index (χ0v) is 10.4. The molecule has 0 amide bonds. The van der Waals surface area contributed by atoms with Crippen LogP contribution in [0.3, 0.4) is 0 Å². The van der Waals surface area contributed by atoms with Gasteiger partial charge in [-0.05, 0) is 34.0 Å². The van der Waals surface area contributed by atoms with E-state index in [4.69, 9.17) is 5.11 Å². The van der Waals surface area contributed by atoms with Gasteiger partial charge in [0, 0.05) is 5.56 Å². The molecule has 0 bridgehead atoms. The number of benzene rings is 1. The summed E-state index contributed by atoms with van der Waals surface area (Å²) < 4.78 is 27.2. The van der Waals surface area contributed by atoms with Crippen LogP contribution < -0.4 is 0 Å². The summed E-state index contributed by atoms with van der Waals surface area (Å²) in [5.74, 6) is -4.48. The first-order valence-corrected chi connectivity index (χ1v) is 5.51. The van der Waals surface area contributed by atoms with Gasteiger partial charge in [0.15, 0.2) is 0 Å². The molecule has 1 aromatic rings. The van der Waals surface area contributed by atoms with Crippen LogP contribution in [0.15, 0.2) is 16.6 Å². The Hall–Kier alpha value is -0.970. The van der Waals surface area contributed by atoms with Gasteiger partial charge < -0.3 is 5.11 Å². The highest BCUT2D eigenvalue weighted by Crippen LogP contribution is 2.32. The van der Waals surface area contributed by atoms with Crippen molar-refractivity contribution in [3.63, 3.8) is 0 Å². The van der Waals surface area contributed by atoms with Crippen molar-refractivity contribution in [1.82, 2.24) is 0 Å². The van der Waals surface area contributed by atoms with Gasteiger partial charge in [-0.2, -0.15) is 0 Å². The van der Waals surface area contributed by atoms with Crippen LogP contribution in [-0.2, 0) is 4.79 Å². The first kappa shape index (κ1) is 13.1. The Balaban J connectivity index is 3.40. The van der Waals surface area contributed by atoms with Gasteiger partial charge in [-0.1, -0.05) is 13.8 Å². The number of hydrogen-bond acceptors (Lipinski definition) is 1. The third-order valence-electron chi connectivity index (χ3n) is 2.32. The molecule has 0 aromatic heterocycles. The summed E-state index contributed by atoms with van der Waals surface area (Å²) in [6.07, 6.45) is 0. The van der Waals surface area contributed by atoms with Crippen molar-refractivity contribution in [2.24, 2.45) is 5.92 Å². The maximum atomic E-state index is 13.7. The van der Waals surface area contributed by atoms with Crippen molar-refractivity contribution in [1.29, 1.82) is 0 Å². The van der Waals surface area contributed by atoms with E-state index in [1.165, 1.54) is 6.07 Å². The number of halogens is 3. The van der Waals surface area contributed by atoms with E-state index < -0.39 is 35.0 Å². The molecule has 16 heavy (non-hydrogen) atoms. The molecule has 2 nitrogen and oxygen atoms in total. The molecule has 88 valence electrons. The summed E-state index contributed by atoms with van der Waals surface area (Å²) in [7, 11) is 0. The first-order valence-electron chi connectivity index (χ1n) is 4.72. The van der Waals surface area contributed by atoms with Crippen LogP contribution in [0.2, 0.25) is 0 Å². The molecule has 5 heteroatoms. The fourth-order valence-corrected chi connectivity index (χ4v) is 1.92. The van der Waals surface area contributed by atoms with Gasteiger partial charge in [-0.15, -0.1) is 0 Å². The summed E-state index contributed by atoms with van der Waals surface area (Å²) in [4.78, 5) is 11.0.